The Labute approximate surface area is 313 Å². The van der Waals surface area contributed by atoms with Crippen LogP contribution in [0, 0.1) is 0 Å². The molecular weight excluding hydrogens is 657 g/mol. The van der Waals surface area contributed by atoms with Gasteiger partial charge in [0.2, 0.25) is 0 Å². The molecule has 0 spiro atoms. The lowest BCUT2D eigenvalue weighted by Crippen LogP contribution is -2.14. The van der Waals surface area contributed by atoms with Crippen molar-refractivity contribution in [3.05, 3.63) is 181 Å². The Balaban J connectivity index is 1.03. The van der Waals surface area contributed by atoms with Crippen LogP contribution in [-0.2, 0) is 5.41 Å². The second kappa shape index (κ2) is 11.6. The number of hydrogen-bond acceptors (Lipinski definition) is 3. The number of benzene rings is 8. The maximum Gasteiger partial charge on any atom is 0.160 e. The van der Waals surface area contributed by atoms with Gasteiger partial charge in [0, 0.05) is 32.9 Å². The van der Waals surface area contributed by atoms with Gasteiger partial charge in [0.1, 0.15) is 11.2 Å². The largest absolute Gasteiger partial charge is 0.456 e. The van der Waals surface area contributed by atoms with Crippen LogP contribution < -0.4 is 0 Å². The lowest BCUT2D eigenvalue weighted by Gasteiger charge is -2.22. The number of fused-ring (bicyclic) bond motifs is 9. The minimum atomic E-state index is -0.0883. The van der Waals surface area contributed by atoms with Crippen LogP contribution in [0.2, 0.25) is 0 Å². The van der Waals surface area contributed by atoms with E-state index in [2.05, 4.69) is 166 Å². The van der Waals surface area contributed by atoms with E-state index in [-0.39, 0.29) is 5.41 Å². The Hall–Kier alpha value is -6.84. The second-order valence-electron chi connectivity index (χ2n) is 15.0. The van der Waals surface area contributed by atoms with E-state index in [9.17, 15) is 0 Å². The van der Waals surface area contributed by atoms with Crippen LogP contribution in [0.4, 0.5) is 0 Å². The summed E-state index contributed by atoms with van der Waals surface area (Å²) in [6, 6.07) is 60.6. The van der Waals surface area contributed by atoms with Crippen molar-refractivity contribution in [2.75, 3.05) is 0 Å². The molecule has 1 aliphatic rings. The highest BCUT2D eigenvalue weighted by Crippen LogP contribution is 2.53. The molecule has 3 nitrogen and oxygen atoms in total. The van der Waals surface area contributed by atoms with E-state index < -0.39 is 0 Å². The standard InChI is InChI=1S/C51H34N2O/c1-51(2)42-18-10-17-38(48(42)41-27-35-14-6-7-15-36(35)28-43(41)51)32-19-21-33(22-20-32)44-30-45(53-50(52-44)34-12-4-3-5-13-34)37-23-25-40-47(29-37)54-46-26-24-31-11-8-9-16-39(31)49(40)46/h3-30H,1-2H3. The average molecular weight is 691 g/mol. The van der Waals surface area contributed by atoms with Crippen molar-refractivity contribution < 1.29 is 4.42 Å². The number of rotatable bonds is 4. The van der Waals surface area contributed by atoms with Gasteiger partial charge in [-0.05, 0) is 91.3 Å². The van der Waals surface area contributed by atoms with Crippen LogP contribution in [0.25, 0.3) is 99.6 Å². The molecule has 54 heavy (non-hydrogen) atoms. The van der Waals surface area contributed by atoms with Gasteiger partial charge in [-0.3, -0.25) is 0 Å². The van der Waals surface area contributed by atoms with Gasteiger partial charge in [-0.15, -0.1) is 0 Å². The highest BCUT2D eigenvalue weighted by atomic mass is 16.3. The zero-order valence-corrected chi connectivity index (χ0v) is 30.0. The van der Waals surface area contributed by atoms with Crippen LogP contribution in [-0.4, -0.2) is 9.97 Å². The van der Waals surface area contributed by atoms with Crippen LogP contribution in [0.5, 0.6) is 0 Å². The van der Waals surface area contributed by atoms with Gasteiger partial charge in [-0.2, -0.15) is 0 Å². The zero-order chi connectivity index (χ0) is 36.0. The smallest absolute Gasteiger partial charge is 0.160 e. The van der Waals surface area contributed by atoms with E-state index in [0.29, 0.717) is 5.82 Å². The minimum absolute atomic E-state index is 0.0883. The summed E-state index contributed by atoms with van der Waals surface area (Å²) in [6.07, 6.45) is 0. The summed E-state index contributed by atoms with van der Waals surface area (Å²) in [7, 11) is 0. The normalized spacial score (nSPS) is 13.1. The lowest BCUT2D eigenvalue weighted by atomic mass is 9.81. The first-order valence-electron chi connectivity index (χ1n) is 18.6. The van der Waals surface area contributed by atoms with Gasteiger partial charge in [0.15, 0.2) is 5.82 Å². The predicted molar refractivity (Wildman–Crippen MR) is 224 cm³/mol. The molecule has 0 N–H and O–H groups in total. The SMILES string of the molecule is CC1(C)c2cc3ccccc3cc2-c2c(-c3ccc(-c4cc(-c5ccc6c(c5)oc5ccc7ccccc7c56)nc(-c5ccccc5)n4)cc3)cccc21. The van der Waals surface area contributed by atoms with Crippen LogP contribution in [0.15, 0.2) is 174 Å². The fourth-order valence-corrected chi connectivity index (χ4v) is 8.70. The van der Waals surface area contributed by atoms with Gasteiger partial charge in [-0.25, -0.2) is 9.97 Å². The first-order valence-corrected chi connectivity index (χ1v) is 18.6. The lowest BCUT2D eigenvalue weighted by molar-refractivity contribution is 0.661. The Morgan fingerprint density at radius 1 is 0.426 bits per heavy atom. The quantitative estimate of drug-likeness (QED) is 0.184. The van der Waals surface area contributed by atoms with E-state index in [0.717, 1.165) is 50.0 Å². The van der Waals surface area contributed by atoms with E-state index in [1.54, 1.807) is 0 Å². The fourth-order valence-electron chi connectivity index (χ4n) is 8.70. The Morgan fingerprint density at radius 3 is 1.93 bits per heavy atom. The van der Waals surface area contributed by atoms with Gasteiger partial charge in [0.05, 0.1) is 11.4 Å². The molecule has 0 aliphatic heterocycles. The molecule has 0 atom stereocenters. The van der Waals surface area contributed by atoms with Crippen molar-refractivity contribution in [3.63, 3.8) is 0 Å². The molecule has 0 amide bonds. The third kappa shape index (κ3) is 4.68. The van der Waals surface area contributed by atoms with E-state index in [1.807, 2.05) is 18.2 Å². The first kappa shape index (κ1) is 30.8. The number of furan rings is 1. The molecule has 10 aromatic rings. The fraction of sp³-hybridized carbons (Fsp3) is 0.0588. The third-order valence-corrected chi connectivity index (χ3v) is 11.5. The van der Waals surface area contributed by atoms with Crippen molar-refractivity contribution >= 4 is 43.5 Å². The molecule has 254 valence electrons. The van der Waals surface area contributed by atoms with Crippen LogP contribution in [0.3, 0.4) is 0 Å². The molecule has 0 radical (unpaired) electrons. The van der Waals surface area contributed by atoms with Gasteiger partial charge < -0.3 is 4.42 Å². The molecule has 1 aliphatic carbocycles. The zero-order valence-electron chi connectivity index (χ0n) is 30.0. The Morgan fingerprint density at radius 2 is 1.11 bits per heavy atom. The molecule has 8 aromatic carbocycles. The number of nitrogens with zero attached hydrogens (tertiary/aromatic N) is 2. The molecule has 2 aromatic heterocycles. The monoisotopic (exact) mass is 690 g/mol. The summed E-state index contributed by atoms with van der Waals surface area (Å²) < 4.78 is 6.45. The summed E-state index contributed by atoms with van der Waals surface area (Å²) in [4.78, 5) is 10.3. The van der Waals surface area contributed by atoms with E-state index in [4.69, 9.17) is 14.4 Å². The van der Waals surface area contributed by atoms with Gasteiger partial charge in [-0.1, -0.05) is 147 Å². The molecular formula is C51H34N2O. The van der Waals surface area contributed by atoms with Crippen molar-refractivity contribution in [2.24, 2.45) is 0 Å². The van der Waals surface area contributed by atoms with Crippen LogP contribution in [0.1, 0.15) is 25.0 Å². The maximum absolute atomic E-state index is 6.45. The van der Waals surface area contributed by atoms with Crippen molar-refractivity contribution in [2.45, 2.75) is 19.3 Å². The number of aromatic nitrogens is 2. The molecule has 3 heteroatoms. The summed E-state index contributed by atoms with van der Waals surface area (Å²) in [5, 5.41) is 7.20. The maximum atomic E-state index is 6.45. The van der Waals surface area contributed by atoms with Crippen LogP contribution >= 0.6 is 0 Å². The molecule has 0 bridgehead atoms. The Bertz CT molecular complexity index is 3120. The topological polar surface area (TPSA) is 38.9 Å². The third-order valence-electron chi connectivity index (χ3n) is 11.5. The van der Waals surface area contributed by atoms with Crippen molar-refractivity contribution in [1.82, 2.24) is 9.97 Å². The molecule has 2 heterocycles. The Kier molecular flexibility index (Phi) is 6.60. The van der Waals surface area contributed by atoms with E-state index >= 15 is 0 Å². The van der Waals surface area contributed by atoms with Gasteiger partial charge in [0.25, 0.3) is 0 Å². The van der Waals surface area contributed by atoms with E-state index in [1.165, 1.54) is 54.9 Å². The average Bonchev–Trinajstić information content (AvgIpc) is 3.71. The summed E-state index contributed by atoms with van der Waals surface area (Å²) >= 11 is 0. The summed E-state index contributed by atoms with van der Waals surface area (Å²) in [5.41, 5.74) is 14.2. The molecule has 11 rings (SSSR count). The molecule has 0 unspecified atom stereocenters. The second-order valence-corrected chi connectivity index (χ2v) is 15.0. The summed E-state index contributed by atoms with van der Waals surface area (Å²) in [5.74, 6) is 0.690. The molecule has 0 saturated heterocycles. The highest BCUT2D eigenvalue weighted by Gasteiger charge is 2.37. The van der Waals surface area contributed by atoms with Crippen molar-refractivity contribution in [3.8, 4) is 56.2 Å². The first-order chi connectivity index (χ1) is 26.5. The van der Waals surface area contributed by atoms with Gasteiger partial charge >= 0.3 is 0 Å². The van der Waals surface area contributed by atoms with Crippen molar-refractivity contribution in [1.29, 1.82) is 0 Å². The molecule has 0 saturated carbocycles. The minimum Gasteiger partial charge on any atom is -0.456 e. The number of hydrogen-bond donors (Lipinski definition) is 0. The predicted octanol–water partition coefficient (Wildman–Crippen LogP) is 13.7. The highest BCUT2D eigenvalue weighted by molar-refractivity contribution is 6.19. The summed E-state index contributed by atoms with van der Waals surface area (Å²) in [6.45, 7) is 4.70. The molecule has 0 fully saturated rings.